The molecular formula is C16H23N3O2. The average Bonchev–Trinajstić information content (AvgIpc) is 2.90. The van der Waals surface area contributed by atoms with Crippen molar-refractivity contribution in [1.29, 1.82) is 0 Å². The van der Waals surface area contributed by atoms with Crippen molar-refractivity contribution < 1.29 is 9.59 Å². The van der Waals surface area contributed by atoms with Crippen LogP contribution in [0.2, 0.25) is 0 Å². The van der Waals surface area contributed by atoms with Crippen molar-refractivity contribution in [2.75, 3.05) is 10.6 Å². The smallest absolute Gasteiger partial charge is 0.244 e. The van der Waals surface area contributed by atoms with Gasteiger partial charge in [-0.3, -0.25) is 9.59 Å². The normalized spacial score (nSPS) is 16.5. The van der Waals surface area contributed by atoms with Gasteiger partial charge in [0.1, 0.15) is 0 Å². The lowest BCUT2D eigenvalue weighted by atomic mass is 9.98. The number of carbonyl (C=O) groups is 2. The zero-order valence-corrected chi connectivity index (χ0v) is 12.7. The number of hydrogen-bond donors (Lipinski definition) is 3. The molecule has 21 heavy (non-hydrogen) atoms. The minimum Gasteiger partial charge on any atom is -0.326 e. The third kappa shape index (κ3) is 3.61. The third-order valence-electron chi connectivity index (χ3n) is 4.04. The number of carbonyl (C=O) groups excluding carboxylic acids is 2. The summed E-state index contributed by atoms with van der Waals surface area (Å²) in [4.78, 5) is 23.8. The number of amides is 2. The van der Waals surface area contributed by atoms with E-state index in [1.165, 1.54) is 0 Å². The van der Waals surface area contributed by atoms with Crippen LogP contribution >= 0.6 is 0 Å². The minimum absolute atomic E-state index is 0.0535. The van der Waals surface area contributed by atoms with E-state index < -0.39 is 5.54 Å². The van der Waals surface area contributed by atoms with Gasteiger partial charge in [-0.25, -0.2) is 0 Å². The molecule has 0 bridgehead atoms. The van der Waals surface area contributed by atoms with E-state index in [1.54, 1.807) is 13.0 Å². The maximum Gasteiger partial charge on any atom is 0.244 e. The van der Waals surface area contributed by atoms with Gasteiger partial charge in [-0.05, 0) is 37.5 Å². The molecule has 0 aliphatic heterocycles. The lowest BCUT2D eigenvalue weighted by Gasteiger charge is -2.23. The Labute approximate surface area is 125 Å². The molecule has 0 heterocycles. The predicted molar refractivity (Wildman–Crippen MR) is 84.1 cm³/mol. The number of benzene rings is 1. The lowest BCUT2D eigenvalue weighted by molar-refractivity contribution is -0.121. The van der Waals surface area contributed by atoms with E-state index in [-0.39, 0.29) is 11.8 Å². The number of nitrogens with two attached hydrogens (primary N) is 1. The van der Waals surface area contributed by atoms with E-state index in [0.717, 1.165) is 31.2 Å². The van der Waals surface area contributed by atoms with Gasteiger partial charge in [0.2, 0.25) is 11.8 Å². The topological polar surface area (TPSA) is 84.2 Å². The van der Waals surface area contributed by atoms with E-state index in [9.17, 15) is 9.59 Å². The van der Waals surface area contributed by atoms with Crippen LogP contribution in [0.1, 0.15) is 44.6 Å². The molecule has 1 aliphatic rings. The Balaban J connectivity index is 2.13. The van der Waals surface area contributed by atoms with Crippen molar-refractivity contribution in [2.24, 2.45) is 5.73 Å². The van der Waals surface area contributed by atoms with Gasteiger partial charge >= 0.3 is 0 Å². The van der Waals surface area contributed by atoms with Crippen molar-refractivity contribution in [3.8, 4) is 0 Å². The fraction of sp³-hybridized carbons (Fsp3) is 0.500. The standard InChI is InChI=1S/C16H23N3O2/c1-3-14(20)18-12-7-6-11(2)13(10-12)19-15(21)16(17)8-4-5-9-16/h6-7,10H,3-5,8-9,17H2,1-2H3,(H,18,20)(H,19,21). The highest BCUT2D eigenvalue weighted by Gasteiger charge is 2.37. The Morgan fingerprint density at radius 3 is 2.52 bits per heavy atom. The van der Waals surface area contributed by atoms with E-state index >= 15 is 0 Å². The van der Waals surface area contributed by atoms with Crippen LogP contribution < -0.4 is 16.4 Å². The first kappa shape index (κ1) is 15.5. The zero-order chi connectivity index (χ0) is 15.5. The second kappa shape index (κ2) is 6.26. The number of aryl methyl sites for hydroxylation is 1. The van der Waals surface area contributed by atoms with Gasteiger partial charge in [-0.15, -0.1) is 0 Å². The van der Waals surface area contributed by atoms with E-state index in [4.69, 9.17) is 5.73 Å². The van der Waals surface area contributed by atoms with Crippen molar-refractivity contribution in [3.05, 3.63) is 23.8 Å². The van der Waals surface area contributed by atoms with Crippen molar-refractivity contribution in [2.45, 2.75) is 51.5 Å². The summed E-state index contributed by atoms with van der Waals surface area (Å²) >= 11 is 0. The van der Waals surface area contributed by atoms with Crippen LogP contribution in [0.15, 0.2) is 18.2 Å². The van der Waals surface area contributed by atoms with Gasteiger partial charge in [0, 0.05) is 17.8 Å². The Hall–Kier alpha value is -1.88. The molecule has 5 nitrogen and oxygen atoms in total. The first-order valence-corrected chi connectivity index (χ1v) is 7.45. The quantitative estimate of drug-likeness (QED) is 0.796. The van der Waals surface area contributed by atoms with Gasteiger partial charge in [-0.1, -0.05) is 25.8 Å². The molecule has 0 aromatic heterocycles. The number of nitrogens with one attached hydrogen (secondary N) is 2. The van der Waals surface area contributed by atoms with Crippen molar-refractivity contribution in [1.82, 2.24) is 0 Å². The molecule has 1 aromatic rings. The van der Waals surface area contributed by atoms with Crippen LogP contribution in [0.5, 0.6) is 0 Å². The summed E-state index contributed by atoms with van der Waals surface area (Å²) in [7, 11) is 0. The molecule has 0 unspecified atom stereocenters. The predicted octanol–water partition coefficient (Wildman–Crippen LogP) is 2.55. The molecule has 0 spiro atoms. The van der Waals surface area contributed by atoms with E-state index in [0.29, 0.717) is 17.8 Å². The summed E-state index contributed by atoms with van der Waals surface area (Å²) in [5.41, 5.74) is 7.73. The zero-order valence-electron chi connectivity index (χ0n) is 12.7. The van der Waals surface area contributed by atoms with Gasteiger partial charge < -0.3 is 16.4 Å². The van der Waals surface area contributed by atoms with Gasteiger partial charge in [-0.2, -0.15) is 0 Å². The first-order valence-electron chi connectivity index (χ1n) is 7.45. The molecule has 114 valence electrons. The molecule has 0 saturated heterocycles. The molecule has 5 heteroatoms. The second-order valence-corrected chi connectivity index (χ2v) is 5.75. The summed E-state index contributed by atoms with van der Waals surface area (Å²) in [5, 5.41) is 5.70. The highest BCUT2D eigenvalue weighted by Crippen LogP contribution is 2.29. The second-order valence-electron chi connectivity index (χ2n) is 5.75. The number of rotatable bonds is 4. The molecule has 0 radical (unpaired) electrons. The van der Waals surface area contributed by atoms with Crippen LogP contribution in [-0.2, 0) is 9.59 Å². The molecule has 1 saturated carbocycles. The maximum absolute atomic E-state index is 12.4. The summed E-state index contributed by atoms with van der Waals surface area (Å²) in [6.45, 7) is 3.71. The average molecular weight is 289 g/mol. The van der Waals surface area contributed by atoms with Crippen LogP contribution in [0.3, 0.4) is 0 Å². The van der Waals surface area contributed by atoms with Crippen LogP contribution in [0.4, 0.5) is 11.4 Å². The summed E-state index contributed by atoms with van der Waals surface area (Å²) in [6.07, 6.45) is 3.86. The fourth-order valence-corrected chi connectivity index (χ4v) is 2.56. The molecule has 2 amide bonds. The Kier molecular flexibility index (Phi) is 4.63. The van der Waals surface area contributed by atoms with Crippen molar-refractivity contribution in [3.63, 3.8) is 0 Å². The largest absolute Gasteiger partial charge is 0.326 e. The van der Waals surface area contributed by atoms with Gasteiger partial charge in [0.25, 0.3) is 0 Å². The SMILES string of the molecule is CCC(=O)Nc1ccc(C)c(NC(=O)C2(N)CCCC2)c1. The summed E-state index contributed by atoms with van der Waals surface area (Å²) in [5.74, 6) is -0.190. The van der Waals surface area contributed by atoms with Gasteiger partial charge in [0.15, 0.2) is 0 Å². The number of anilines is 2. The molecule has 1 aromatic carbocycles. The van der Waals surface area contributed by atoms with Crippen LogP contribution in [0, 0.1) is 6.92 Å². The minimum atomic E-state index is -0.755. The monoisotopic (exact) mass is 289 g/mol. The summed E-state index contributed by atoms with van der Waals surface area (Å²) < 4.78 is 0. The highest BCUT2D eigenvalue weighted by atomic mass is 16.2. The van der Waals surface area contributed by atoms with Crippen molar-refractivity contribution >= 4 is 23.2 Å². The molecule has 1 aliphatic carbocycles. The maximum atomic E-state index is 12.4. The molecule has 2 rings (SSSR count). The van der Waals surface area contributed by atoms with E-state index in [2.05, 4.69) is 10.6 Å². The van der Waals surface area contributed by atoms with Gasteiger partial charge in [0.05, 0.1) is 5.54 Å². The molecule has 4 N–H and O–H groups in total. The third-order valence-corrected chi connectivity index (χ3v) is 4.04. The Morgan fingerprint density at radius 1 is 1.24 bits per heavy atom. The summed E-state index contributed by atoms with van der Waals surface area (Å²) in [6, 6.07) is 5.48. The number of hydrogen-bond acceptors (Lipinski definition) is 3. The first-order chi connectivity index (χ1) is 9.94. The lowest BCUT2D eigenvalue weighted by Crippen LogP contribution is -2.48. The highest BCUT2D eigenvalue weighted by molar-refractivity contribution is 5.99. The molecular weight excluding hydrogens is 266 g/mol. The molecule has 1 fully saturated rings. The fourth-order valence-electron chi connectivity index (χ4n) is 2.56. The Bertz CT molecular complexity index is 548. The molecule has 0 atom stereocenters. The van der Waals surface area contributed by atoms with Crippen LogP contribution in [-0.4, -0.2) is 17.4 Å². The van der Waals surface area contributed by atoms with Crippen LogP contribution in [0.25, 0.3) is 0 Å². The van der Waals surface area contributed by atoms with E-state index in [1.807, 2.05) is 19.1 Å². The Morgan fingerprint density at radius 2 is 1.90 bits per heavy atom.